The Hall–Kier alpha value is -2.97. The Morgan fingerprint density at radius 2 is 1.97 bits per heavy atom. The summed E-state index contributed by atoms with van der Waals surface area (Å²) in [5.74, 6) is 8.33. The van der Waals surface area contributed by atoms with Gasteiger partial charge in [-0.05, 0) is 67.1 Å². The summed E-state index contributed by atoms with van der Waals surface area (Å²) in [4.78, 5) is 15.1. The fourth-order valence-corrected chi connectivity index (χ4v) is 4.95. The molecule has 1 aliphatic carbocycles. The molecule has 1 amide bonds. The number of rotatable bonds is 4. The van der Waals surface area contributed by atoms with Crippen LogP contribution < -0.4 is 10.1 Å². The monoisotopic (exact) mass is 416 g/mol. The van der Waals surface area contributed by atoms with Crippen LogP contribution in [-0.4, -0.2) is 42.2 Å². The highest BCUT2D eigenvalue weighted by Crippen LogP contribution is 2.47. The van der Waals surface area contributed by atoms with Gasteiger partial charge in [0, 0.05) is 35.7 Å². The first-order valence-corrected chi connectivity index (χ1v) is 11.1. The lowest BCUT2D eigenvalue weighted by Gasteiger charge is -2.39. The number of ether oxygens (including phenoxy) is 1. The van der Waals surface area contributed by atoms with Gasteiger partial charge in [0.25, 0.3) is 0 Å². The summed E-state index contributed by atoms with van der Waals surface area (Å²) >= 11 is 0. The Kier molecular flexibility index (Phi) is 5.33. The number of hydrogen-bond donors (Lipinski definition) is 2. The van der Waals surface area contributed by atoms with E-state index >= 15 is 0 Å². The molecule has 5 heteroatoms. The summed E-state index contributed by atoms with van der Waals surface area (Å²) < 4.78 is 5.28. The van der Waals surface area contributed by atoms with Crippen LogP contribution in [-0.2, 0) is 4.79 Å². The Balaban J connectivity index is 1.46. The zero-order valence-electron chi connectivity index (χ0n) is 17.8. The minimum Gasteiger partial charge on any atom is -0.497 e. The fraction of sp³-hybridized carbons (Fsp3) is 0.423. The molecule has 5 rings (SSSR count). The van der Waals surface area contributed by atoms with Gasteiger partial charge in [-0.25, -0.2) is 0 Å². The van der Waals surface area contributed by atoms with Gasteiger partial charge in [-0.2, -0.15) is 0 Å². The van der Waals surface area contributed by atoms with E-state index < -0.39 is 0 Å². The maximum atomic E-state index is 13.0. The molecule has 0 spiro atoms. The number of nitrogens with zero attached hydrogens (tertiary/aromatic N) is 1. The molecule has 2 heterocycles. The second-order valence-electron chi connectivity index (χ2n) is 8.85. The number of amides is 1. The Morgan fingerprint density at radius 1 is 1.16 bits per heavy atom. The molecule has 1 saturated carbocycles. The predicted octanol–water partition coefficient (Wildman–Crippen LogP) is 3.57. The zero-order chi connectivity index (χ0) is 21.4. The molecule has 2 aliphatic heterocycles. The van der Waals surface area contributed by atoms with Crippen LogP contribution in [0.25, 0.3) is 0 Å². The molecular formula is C26H28N2O3. The van der Waals surface area contributed by atoms with Gasteiger partial charge < -0.3 is 20.1 Å². The minimum atomic E-state index is -0.0232. The maximum absolute atomic E-state index is 13.0. The van der Waals surface area contributed by atoms with E-state index in [2.05, 4.69) is 28.1 Å². The van der Waals surface area contributed by atoms with Crippen LogP contribution in [0.3, 0.4) is 0 Å². The largest absolute Gasteiger partial charge is 0.497 e. The molecule has 0 radical (unpaired) electrons. The molecule has 3 aliphatic rings. The number of benzene rings is 2. The Bertz CT molecular complexity index is 1050. The molecule has 2 aromatic carbocycles. The van der Waals surface area contributed by atoms with E-state index in [1.165, 1.54) is 12.8 Å². The van der Waals surface area contributed by atoms with E-state index in [1.54, 1.807) is 7.11 Å². The summed E-state index contributed by atoms with van der Waals surface area (Å²) in [7, 11) is 1.65. The minimum absolute atomic E-state index is 0.0122. The number of carbonyl (C=O) groups is 1. The first kappa shape index (κ1) is 20.0. The van der Waals surface area contributed by atoms with E-state index in [9.17, 15) is 9.90 Å². The third-order valence-corrected chi connectivity index (χ3v) is 6.77. The summed E-state index contributed by atoms with van der Waals surface area (Å²) in [6.45, 7) is 0.834. The third kappa shape index (κ3) is 4.00. The van der Waals surface area contributed by atoms with Crippen LogP contribution in [0.15, 0.2) is 42.5 Å². The van der Waals surface area contributed by atoms with E-state index in [1.807, 2.05) is 36.4 Å². The first-order valence-electron chi connectivity index (χ1n) is 11.1. The number of carbonyl (C=O) groups excluding carboxylic acids is 1. The molecule has 31 heavy (non-hydrogen) atoms. The van der Waals surface area contributed by atoms with Crippen molar-refractivity contribution in [1.29, 1.82) is 0 Å². The number of nitrogens with one attached hydrogen (secondary N) is 1. The molecule has 2 fully saturated rings. The van der Waals surface area contributed by atoms with Gasteiger partial charge in [0.2, 0.25) is 5.91 Å². The zero-order valence-corrected chi connectivity index (χ0v) is 17.8. The van der Waals surface area contributed by atoms with E-state index in [-0.39, 0.29) is 30.5 Å². The summed E-state index contributed by atoms with van der Waals surface area (Å²) in [6, 6.07) is 13.9. The third-order valence-electron chi connectivity index (χ3n) is 6.77. The van der Waals surface area contributed by atoms with Crippen molar-refractivity contribution < 1.29 is 14.6 Å². The highest BCUT2D eigenvalue weighted by molar-refractivity contribution is 5.78. The van der Waals surface area contributed by atoms with Gasteiger partial charge in [-0.3, -0.25) is 4.79 Å². The SMILES string of the molecule is COc1cccc(C#Cc2ccc3c(c2)[C@@H]2[C@@H](CCN2C(=O)CC2CC2)[C@H](CO)N3)c1. The molecule has 0 unspecified atom stereocenters. The topological polar surface area (TPSA) is 61.8 Å². The highest BCUT2D eigenvalue weighted by Gasteiger charge is 2.46. The number of anilines is 1. The van der Waals surface area contributed by atoms with Gasteiger partial charge in [-0.1, -0.05) is 17.9 Å². The molecule has 3 atom stereocenters. The smallest absolute Gasteiger partial charge is 0.223 e. The van der Waals surface area contributed by atoms with Crippen molar-refractivity contribution in [3.8, 4) is 17.6 Å². The molecular weight excluding hydrogens is 388 g/mol. The molecule has 0 bridgehead atoms. The number of aliphatic hydroxyl groups excluding tert-OH is 1. The Morgan fingerprint density at radius 3 is 2.71 bits per heavy atom. The molecule has 1 saturated heterocycles. The van der Waals surface area contributed by atoms with E-state index in [0.717, 1.165) is 41.1 Å². The van der Waals surface area contributed by atoms with Crippen molar-refractivity contribution in [2.75, 3.05) is 25.6 Å². The van der Waals surface area contributed by atoms with Crippen LogP contribution in [0, 0.1) is 23.7 Å². The molecule has 5 nitrogen and oxygen atoms in total. The van der Waals surface area contributed by atoms with Gasteiger partial charge in [0.05, 0.1) is 25.8 Å². The van der Waals surface area contributed by atoms with E-state index in [4.69, 9.17) is 4.74 Å². The van der Waals surface area contributed by atoms with Crippen LogP contribution in [0.2, 0.25) is 0 Å². The highest BCUT2D eigenvalue weighted by atomic mass is 16.5. The lowest BCUT2D eigenvalue weighted by molar-refractivity contribution is -0.133. The van der Waals surface area contributed by atoms with Crippen LogP contribution >= 0.6 is 0 Å². The van der Waals surface area contributed by atoms with Crippen molar-refractivity contribution in [3.63, 3.8) is 0 Å². The number of methoxy groups -OCH3 is 1. The normalized spacial score (nSPS) is 23.8. The van der Waals surface area contributed by atoms with Gasteiger partial charge in [-0.15, -0.1) is 0 Å². The van der Waals surface area contributed by atoms with Gasteiger partial charge in [0.1, 0.15) is 5.75 Å². The maximum Gasteiger partial charge on any atom is 0.223 e. The average Bonchev–Trinajstić information content (AvgIpc) is 3.50. The summed E-state index contributed by atoms with van der Waals surface area (Å²) in [5.41, 5.74) is 3.94. The molecule has 2 aromatic rings. The summed E-state index contributed by atoms with van der Waals surface area (Å²) in [5, 5.41) is 13.4. The summed E-state index contributed by atoms with van der Waals surface area (Å²) in [6.07, 6.45) is 3.92. The second-order valence-corrected chi connectivity index (χ2v) is 8.85. The number of fused-ring (bicyclic) bond motifs is 3. The van der Waals surface area contributed by atoms with Crippen LogP contribution in [0.5, 0.6) is 5.75 Å². The van der Waals surface area contributed by atoms with Gasteiger partial charge >= 0.3 is 0 Å². The van der Waals surface area contributed by atoms with Crippen molar-refractivity contribution in [2.45, 2.75) is 37.8 Å². The van der Waals surface area contributed by atoms with E-state index in [0.29, 0.717) is 12.3 Å². The molecule has 0 aromatic heterocycles. The number of hydrogen-bond acceptors (Lipinski definition) is 4. The van der Waals surface area contributed by atoms with Crippen LogP contribution in [0.1, 0.15) is 48.4 Å². The quantitative estimate of drug-likeness (QED) is 0.748. The number of aliphatic hydroxyl groups is 1. The van der Waals surface area contributed by atoms with Gasteiger partial charge in [0.15, 0.2) is 0 Å². The Labute approximate surface area is 183 Å². The molecule has 2 N–H and O–H groups in total. The van der Waals surface area contributed by atoms with Crippen molar-refractivity contribution >= 4 is 11.6 Å². The second kappa shape index (κ2) is 8.28. The van der Waals surface area contributed by atoms with Crippen molar-refractivity contribution in [1.82, 2.24) is 4.90 Å². The number of likely N-dealkylation sites (tertiary alicyclic amines) is 1. The van der Waals surface area contributed by atoms with Crippen molar-refractivity contribution in [3.05, 3.63) is 59.2 Å². The lowest BCUT2D eigenvalue weighted by Crippen LogP contribution is -2.43. The standard InChI is InChI=1S/C26H28N2O3/c1-31-20-4-2-3-17(13-20)5-6-18-9-10-23-22(14-18)26-21(24(16-29)27-23)11-12-28(26)25(30)15-19-7-8-19/h2-4,9-10,13-14,19,21,24,26-27,29H,7-8,11-12,15-16H2,1H3/t21-,24-,26-/m0/s1. The molecule has 160 valence electrons. The van der Waals surface area contributed by atoms with Crippen molar-refractivity contribution in [2.24, 2.45) is 11.8 Å². The predicted molar refractivity (Wildman–Crippen MR) is 120 cm³/mol. The first-order chi connectivity index (χ1) is 15.2. The average molecular weight is 417 g/mol. The van der Waals surface area contributed by atoms with Crippen LogP contribution in [0.4, 0.5) is 5.69 Å². The fourth-order valence-electron chi connectivity index (χ4n) is 4.95. The lowest BCUT2D eigenvalue weighted by atomic mass is 9.82.